The van der Waals surface area contributed by atoms with Gasteiger partial charge in [-0.2, -0.15) is 0 Å². The zero-order chi connectivity index (χ0) is 13.2. The number of halogens is 1. The molecule has 5 fully saturated rings. The Morgan fingerprint density at radius 2 is 1.37 bits per heavy atom. The van der Waals surface area contributed by atoms with Gasteiger partial charge in [-0.25, -0.2) is 4.39 Å². The molecule has 0 N–H and O–H groups in total. The first-order valence-corrected chi connectivity index (χ1v) is 7.48. The Labute approximate surface area is 110 Å². The van der Waals surface area contributed by atoms with Crippen molar-refractivity contribution in [1.29, 1.82) is 0 Å². The van der Waals surface area contributed by atoms with Gasteiger partial charge in [0.1, 0.15) is 6.17 Å². The molecule has 6 unspecified atom stereocenters. The van der Waals surface area contributed by atoms with E-state index in [1.165, 1.54) is 0 Å². The molecule has 0 amide bonds. The molecule has 0 radical (unpaired) electrons. The average molecular weight is 264 g/mol. The van der Waals surface area contributed by atoms with Crippen molar-refractivity contribution in [1.82, 2.24) is 0 Å². The molecule has 0 spiro atoms. The molecule has 1 aliphatic heterocycles. The minimum absolute atomic E-state index is 0.171. The first-order chi connectivity index (χ1) is 9.07. The van der Waals surface area contributed by atoms with Gasteiger partial charge in [0.25, 0.3) is 0 Å². The maximum atomic E-state index is 14.7. The van der Waals surface area contributed by atoms with Gasteiger partial charge < -0.3 is 4.74 Å². The van der Waals surface area contributed by atoms with Crippen LogP contribution >= 0.6 is 0 Å². The molecule has 6 atom stereocenters. The van der Waals surface area contributed by atoms with Gasteiger partial charge in [0.2, 0.25) is 0 Å². The number of cyclic esters (lactones) is 2. The molecule has 0 aromatic rings. The number of carbonyl (C=O) groups excluding carboxylic acids is 2. The number of hydrogen-bond acceptors (Lipinski definition) is 3. The van der Waals surface area contributed by atoms with Crippen LogP contribution in [0.2, 0.25) is 0 Å². The number of fused-ring (bicyclic) bond motifs is 4. The van der Waals surface area contributed by atoms with Crippen LogP contribution in [0.5, 0.6) is 0 Å². The molecular weight excluding hydrogens is 247 g/mol. The van der Waals surface area contributed by atoms with E-state index in [0.29, 0.717) is 5.92 Å². The fraction of sp³-hybridized carbons (Fsp3) is 0.867. The van der Waals surface area contributed by atoms with Crippen molar-refractivity contribution in [2.75, 3.05) is 0 Å². The highest BCUT2D eigenvalue weighted by Crippen LogP contribution is 2.84. The summed E-state index contributed by atoms with van der Waals surface area (Å²) in [5.74, 6) is -0.566. The zero-order valence-corrected chi connectivity index (χ0v) is 10.9. The first-order valence-electron chi connectivity index (χ1n) is 7.48. The first kappa shape index (κ1) is 10.8. The fourth-order valence-electron chi connectivity index (χ4n) is 7.34. The molecule has 5 aliphatic rings. The van der Waals surface area contributed by atoms with Gasteiger partial charge in [0.15, 0.2) is 0 Å². The lowest BCUT2D eigenvalue weighted by Gasteiger charge is -2.45. The van der Waals surface area contributed by atoms with Crippen molar-refractivity contribution in [2.24, 2.45) is 40.4 Å². The Bertz CT molecular complexity index is 457. The van der Waals surface area contributed by atoms with E-state index >= 15 is 0 Å². The van der Waals surface area contributed by atoms with Crippen LogP contribution in [0.4, 0.5) is 4.39 Å². The molecule has 19 heavy (non-hydrogen) atoms. The van der Waals surface area contributed by atoms with Gasteiger partial charge >= 0.3 is 11.9 Å². The number of esters is 2. The third kappa shape index (κ3) is 0.707. The smallest absolute Gasteiger partial charge is 0.321 e. The second-order valence-corrected chi connectivity index (χ2v) is 7.30. The summed E-state index contributed by atoms with van der Waals surface area (Å²) in [7, 11) is 0. The highest BCUT2D eigenvalue weighted by molar-refractivity contribution is 6.05. The topological polar surface area (TPSA) is 43.4 Å². The predicted molar refractivity (Wildman–Crippen MR) is 62.5 cm³/mol. The van der Waals surface area contributed by atoms with Crippen molar-refractivity contribution >= 4 is 11.9 Å². The molecule has 4 saturated carbocycles. The summed E-state index contributed by atoms with van der Waals surface area (Å²) < 4.78 is 19.8. The normalized spacial score (nSPS) is 64.5. The minimum Gasteiger partial charge on any atom is -0.392 e. The van der Waals surface area contributed by atoms with Gasteiger partial charge in [-0.3, -0.25) is 9.59 Å². The lowest BCUT2D eigenvalue weighted by Crippen LogP contribution is -2.53. The highest BCUT2D eigenvalue weighted by atomic mass is 19.1. The van der Waals surface area contributed by atoms with Crippen molar-refractivity contribution < 1.29 is 18.7 Å². The highest BCUT2D eigenvalue weighted by Gasteiger charge is 2.91. The molecule has 4 aliphatic carbocycles. The van der Waals surface area contributed by atoms with E-state index < -0.39 is 17.0 Å². The monoisotopic (exact) mass is 264 g/mol. The Balaban J connectivity index is 1.87. The third-order valence-electron chi connectivity index (χ3n) is 7.50. The van der Waals surface area contributed by atoms with Crippen molar-refractivity contribution in [3.8, 4) is 0 Å². The Morgan fingerprint density at radius 3 is 1.84 bits per heavy atom. The van der Waals surface area contributed by atoms with Crippen molar-refractivity contribution in [3.63, 3.8) is 0 Å². The standard InChI is InChI=1S/C15H17FO3/c1-6-7-2-3-8(6)15-10-5-4-9(11(10)16)14(7,15)12(17)19-13(15)18/h6-11H,2-5H2,1H3. The summed E-state index contributed by atoms with van der Waals surface area (Å²) in [5.41, 5.74) is -1.57. The van der Waals surface area contributed by atoms with Gasteiger partial charge in [-0.05, 0) is 43.4 Å². The second-order valence-electron chi connectivity index (χ2n) is 7.30. The summed E-state index contributed by atoms with van der Waals surface area (Å²) in [5, 5.41) is 0. The molecule has 102 valence electrons. The van der Waals surface area contributed by atoms with E-state index in [9.17, 15) is 14.0 Å². The van der Waals surface area contributed by atoms with Crippen LogP contribution in [0.15, 0.2) is 0 Å². The van der Waals surface area contributed by atoms with Gasteiger partial charge in [0, 0.05) is 11.8 Å². The largest absolute Gasteiger partial charge is 0.392 e. The van der Waals surface area contributed by atoms with Crippen LogP contribution in [0.1, 0.15) is 32.6 Å². The lowest BCUT2D eigenvalue weighted by atomic mass is 9.51. The summed E-state index contributed by atoms with van der Waals surface area (Å²) >= 11 is 0. The molecule has 5 rings (SSSR count). The summed E-state index contributed by atoms with van der Waals surface area (Å²) in [4.78, 5) is 25.1. The van der Waals surface area contributed by atoms with Gasteiger partial charge in [0.05, 0.1) is 10.8 Å². The van der Waals surface area contributed by atoms with Gasteiger partial charge in [-0.1, -0.05) is 6.92 Å². The van der Waals surface area contributed by atoms with Crippen molar-refractivity contribution in [2.45, 2.75) is 38.8 Å². The molecule has 4 bridgehead atoms. The third-order valence-corrected chi connectivity index (χ3v) is 7.50. The Kier molecular flexibility index (Phi) is 1.56. The van der Waals surface area contributed by atoms with Crippen LogP contribution < -0.4 is 0 Å². The second kappa shape index (κ2) is 2.75. The molecular formula is C15H17FO3. The maximum Gasteiger partial charge on any atom is 0.321 e. The SMILES string of the molecule is CC1C2CCC1C13C(=O)OC(=O)C21C1CCC3C1F. The summed E-state index contributed by atoms with van der Waals surface area (Å²) in [6.45, 7) is 2.16. The number of hydrogen-bond donors (Lipinski definition) is 0. The van der Waals surface area contributed by atoms with E-state index in [1.54, 1.807) is 0 Å². The Hall–Kier alpha value is -0.930. The summed E-state index contributed by atoms with van der Waals surface area (Å²) in [6, 6.07) is 0. The van der Waals surface area contributed by atoms with E-state index in [-0.39, 0.29) is 35.6 Å². The van der Waals surface area contributed by atoms with Crippen LogP contribution in [-0.4, -0.2) is 18.1 Å². The average Bonchev–Trinajstić information content (AvgIpc) is 3.10. The quantitative estimate of drug-likeness (QED) is 0.497. The van der Waals surface area contributed by atoms with Gasteiger partial charge in [-0.15, -0.1) is 0 Å². The van der Waals surface area contributed by atoms with Crippen LogP contribution in [0, 0.1) is 40.4 Å². The predicted octanol–water partition coefficient (Wildman–Crippen LogP) is 2.10. The zero-order valence-electron chi connectivity index (χ0n) is 10.9. The maximum absolute atomic E-state index is 14.7. The molecule has 0 aromatic carbocycles. The molecule has 3 nitrogen and oxygen atoms in total. The van der Waals surface area contributed by atoms with Crippen LogP contribution in [0.25, 0.3) is 0 Å². The molecule has 1 saturated heterocycles. The van der Waals surface area contributed by atoms with E-state index in [2.05, 4.69) is 6.92 Å². The molecule has 1 heterocycles. The fourth-order valence-corrected chi connectivity index (χ4v) is 7.34. The van der Waals surface area contributed by atoms with Crippen LogP contribution in [0.3, 0.4) is 0 Å². The number of alkyl halides is 1. The van der Waals surface area contributed by atoms with Crippen molar-refractivity contribution in [3.05, 3.63) is 0 Å². The molecule has 0 aromatic heterocycles. The number of carbonyl (C=O) groups is 2. The number of ether oxygens (including phenoxy) is 1. The number of rotatable bonds is 0. The lowest BCUT2D eigenvalue weighted by molar-refractivity contribution is -0.160. The van der Waals surface area contributed by atoms with E-state index in [0.717, 1.165) is 25.7 Å². The van der Waals surface area contributed by atoms with Crippen LogP contribution in [-0.2, 0) is 14.3 Å². The summed E-state index contributed by atoms with van der Waals surface area (Å²) in [6.07, 6.45) is 2.47. The Morgan fingerprint density at radius 1 is 0.947 bits per heavy atom. The molecule has 4 heteroatoms. The minimum atomic E-state index is -0.965. The van der Waals surface area contributed by atoms with E-state index in [4.69, 9.17) is 4.74 Å². The van der Waals surface area contributed by atoms with E-state index in [1.807, 2.05) is 0 Å².